The number of carbonyl (C=O) groups is 2. The standard InChI is InChI=1S/C30H31ClF5NO10/c1-12(29(32,33)34)17(15-5-7-20-21(9-15)47-30(35,36)46-20)11-37-19-8-14(4-6-18(19)31)16(13-2-3-13)10-22(38)44-28-25(41)23(39)24(40)26(45-28)27(42)43/h4-9,12-13,16-17,23-26,28,37,39-41H,2-3,10-11H2,1H3,(H,42,43)/t12-,16+,17-,23+,24+,25-,26+,28?/m1/s1. The Kier molecular flexibility index (Phi) is 9.81. The molecule has 2 aromatic rings. The number of halogens is 6. The molecule has 0 radical (unpaired) electrons. The van der Waals surface area contributed by atoms with Gasteiger partial charge in [0.1, 0.15) is 18.3 Å². The van der Waals surface area contributed by atoms with Gasteiger partial charge in [-0.2, -0.15) is 13.2 Å². The Morgan fingerprint density at radius 1 is 1.02 bits per heavy atom. The van der Waals surface area contributed by atoms with E-state index in [1.54, 1.807) is 12.1 Å². The van der Waals surface area contributed by atoms with Gasteiger partial charge in [0.15, 0.2) is 17.6 Å². The van der Waals surface area contributed by atoms with E-state index in [1.165, 1.54) is 12.1 Å². The lowest BCUT2D eigenvalue weighted by molar-refractivity contribution is -0.286. The normalized spacial score (nSPS) is 27.1. The summed E-state index contributed by atoms with van der Waals surface area (Å²) >= 11 is 6.39. The first kappa shape index (κ1) is 34.9. The number of carbonyl (C=O) groups excluding carboxylic acids is 1. The first-order valence-corrected chi connectivity index (χ1v) is 14.9. The molecule has 5 rings (SSSR count). The molecule has 1 saturated heterocycles. The van der Waals surface area contributed by atoms with Crippen molar-refractivity contribution >= 4 is 29.2 Å². The van der Waals surface area contributed by atoms with Crippen LogP contribution in [-0.2, 0) is 19.1 Å². The van der Waals surface area contributed by atoms with E-state index in [9.17, 15) is 52.0 Å². The highest BCUT2D eigenvalue weighted by molar-refractivity contribution is 6.33. The Balaban J connectivity index is 1.32. The number of hydrogen-bond donors (Lipinski definition) is 5. The van der Waals surface area contributed by atoms with Crippen LogP contribution in [0.25, 0.3) is 0 Å². The Hall–Kier alpha value is -3.44. The van der Waals surface area contributed by atoms with Crippen molar-refractivity contribution in [1.82, 2.24) is 0 Å². The monoisotopic (exact) mass is 695 g/mol. The zero-order chi connectivity index (χ0) is 34.4. The third kappa shape index (κ3) is 7.83. The van der Waals surface area contributed by atoms with E-state index in [-0.39, 0.29) is 40.9 Å². The smallest absolute Gasteiger partial charge is 0.479 e. The average Bonchev–Trinajstić information content (AvgIpc) is 3.78. The molecule has 3 aliphatic rings. The summed E-state index contributed by atoms with van der Waals surface area (Å²) in [6, 6.07) is 8.12. The molecular formula is C30H31ClF5NO10. The lowest BCUT2D eigenvalue weighted by Gasteiger charge is -2.38. The third-order valence-electron chi connectivity index (χ3n) is 8.54. The lowest BCUT2D eigenvalue weighted by atomic mass is 9.86. The maximum Gasteiger partial charge on any atom is 0.586 e. The fourth-order valence-electron chi connectivity index (χ4n) is 5.70. The fourth-order valence-corrected chi connectivity index (χ4v) is 5.88. The van der Waals surface area contributed by atoms with E-state index in [4.69, 9.17) is 21.1 Å². The molecule has 2 heterocycles. The van der Waals surface area contributed by atoms with Gasteiger partial charge in [-0.25, -0.2) is 4.79 Å². The van der Waals surface area contributed by atoms with Crippen molar-refractivity contribution in [3.05, 3.63) is 52.5 Å². The molecule has 1 unspecified atom stereocenters. The van der Waals surface area contributed by atoms with Crippen LogP contribution in [0.3, 0.4) is 0 Å². The summed E-state index contributed by atoms with van der Waals surface area (Å²) < 4.78 is 87.8. The maximum absolute atomic E-state index is 13.9. The largest absolute Gasteiger partial charge is 0.586 e. The van der Waals surface area contributed by atoms with Gasteiger partial charge in [-0.05, 0) is 60.1 Å². The third-order valence-corrected chi connectivity index (χ3v) is 8.87. The number of alkyl halides is 5. The number of aliphatic hydroxyl groups excluding tert-OH is 3. The van der Waals surface area contributed by atoms with Crippen LogP contribution in [0.5, 0.6) is 11.5 Å². The van der Waals surface area contributed by atoms with Crippen molar-refractivity contribution < 1.29 is 70.9 Å². The van der Waals surface area contributed by atoms with E-state index >= 15 is 0 Å². The Bertz CT molecular complexity index is 1490. The van der Waals surface area contributed by atoms with Gasteiger partial charge in [0.2, 0.25) is 6.29 Å². The summed E-state index contributed by atoms with van der Waals surface area (Å²) in [7, 11) is 0. The van der Waals surface area contributed by atoms with Crippen LogP contribution >= 0.6 is 11.6 Å². The second-order valence-corrected chi connectivity index (χ2v) is 12.2. The minimum absolute atomic E-state index is 0.0118. The van der Waals surface area contributed by atoms with Crippen LogP contribution in [-0.4, -0.2) is 82.1 Å². The number of aliphatic carboxylic acids is 1. The van der Waals surface area contributed by atoms with Crippen molar-refractivity contribution in [3.63, 3.8) is 0 Å². The molecule has 1 aliphatic carbocycles. The number of esters is 1. The van der Waals surface area contributed by atoms with E-state index in [0.717, 1.165) is 31.9 Å². The van der Waals surface area contributed by atoms with Gasteiger partial charge in [-0.1, -0.05) is 30.7 Å². The van der Waals surface area contributed by atoms with Gasteiger partial charge in [0, 0.05) is 12.5 Å². The zero-order valence-corrected chi connectivity index (χ0v) is 25.3. The second-order valence-electron chi connectivity index (χ2n) is 11.8. The number of anilines is 1. The summed E-state index contributed by atoms with van der Waals surface area (Å²) in [5.41, 5.74) is 0.872. The van der Waals surface area contributed by atoms with Crippen LogP contribution in [0, 0.1) is 11.8 Å². The molecular weight excluding hydrogens is 665 g/mol. The molecule has 8 atom stereocenters. The molecule has 0 amide bonds. The van der Waals surface area contributed by atoms with Gasteiger partial charge < -0.3 is 44.7 Å². The summed E-state index contributed by atoms with van der Waals surface area (Å²) in [6.07, 6.45) is -17.1. The zero-order valence-electron chi connectivity index (χ0n) is 24.5. The molecule has 0 aromatic heterocycles. The number of aliphatic hydroxyl groups is 3. The first-order chi connectivity index (χ1) is 21.9. The first-order valence-electron chi connectivity index (χ1n) is 14.6. The molecule has 47 heavy (non-hydrogen) atoms. The number of carboxylic acids is 1. The van der Waals surface area contributed by atoms with Crippen molar-refractivity contribution in [2.24, 2.45) is 11.8 Å². The fraction of sp³-hybridized carbons (Fsp3) is 0.533. The molecule has 2 aliphatic heterocycles. The van der Waals surface area contributed by atoms with Crippen LogP contribution in [0.15, 0.2) is 36.4 Å². The van der Waals surface area contributed by atoms with Gasteiger partial charge in [0.05, 0.1) is 23.0 Å². The molecule has 0 spiro atoms. The van der Waals surface area contributed by atoms with Gasteiger partial charge >= 0.3 is 24.4 Å². The van der Waals surface area contributed by atoms with Gasteiger partial charge in [-0.15, -0.1) is 8.78 Å². The number of benzene rings is 2. The average molecular weight is 696 g/mol. The lowest BCUT2D eigenvalue weighted by Crippen LogP contribution is -2.60. The number of ether oxygens (including phenoxy) is 4. The maximum atomic E-state index is 13.9. The van der Waals surface area contributed by atoms with E-state index in [0.29, 0.717) is 5.56 Å². The van der Waals surface area contributed by atoms with Crippen LogP contribution in [0.2, 0.25) is 5.02 Å². The molecule has 5 N–H and O–H groups in total. The van der Waals surface area contributed by atoms with Crippen LogP contribution < -0.4 is 14.8 Å². The topological polar surface area (TPSA) is 164 Å². The van der Waals surface area contributed by atoms with Crippen LogP contribution in [0.4, 0.5) is 27.6 Å². The van der Waals surface area contributed by atoms with Crippen LogP contribution in [0.1, 0.15) is 49.1 Å². The Labute approximate surface area is 269 Å². The molecule has 1 saturated carbocycles. The summed E-state index contributed by atoms with van der Waals surface area (Å²) in [5.74, 6) is -6.94. The Morgan fingerprint density at radius 2 is 1.68 bits per heavy atom. The van der Waals surface area contributed by atoms with E-state index in [1.807, 2.05) is 0 Å². The van der Waals surface area contributed by atoms with Crippen molar-refractivity contribution in [3.8, 4) is 11.5 Å². The summed E-state index contributed by atoms with van der Waals surface area (Å²) in [6.45, 7) is 0.634. The molecule has 2 fully saturated rings. The number of carboxylic acid groups (broad SMARTS) is 1. The number of hydrogen-bond acceptors (Lipinski definition) is 10. The highest BCUT2D eigenvalue weighted by atomic mass is 35.5. The molecule has 11 nitrogen and oxygen atoms in total. The predicted molar refractivity (Wildman–Crippen MR) is 151 cm³/mol. The highest BCUT2D eigenvalue weighted by Crippen LogP contribution is 2.47. The minimum atomic E-state index is -4.65. The molecule has 17 heteroatoms. The number of nitrogens with one attached hydrogen (secondary N) is 1. The second kappa shape index (κ2) is 13.2. The molecule has 0 bridgehead atoms. The van der Waals surface area contributed by atoms with Gasteiger partial charge in [-0.3, -0.25) is 4.79 Å². The Morgan fingerprint density at radius 3 is 2.32 bits per heavy atom. The predicted octanol–water partition coefficient (Wildman–Crippen LogP) is 4.37. The van der Waals surface area contributed by atoms with Crippen molar-refractivity contribution in [2.45, 2.75) is 81.2 Å². The van der Waals surface area contributed by atoms with Gasteiger partial charge in [0.25, 0.3) is 0 Å². The minimum Gasteiger partial charge on any atom is -0.479 e. The summed E-state index contributed by atoms with van der Waals surface area (Å²) in [5, 5.41) is 42.4. The highest BCUT2D eigenvalue weighted by Gasteiger charge is 2.49. The summed E-state index contributed by atoms with van der Waals surface area (Å²) in [4.78, 5) is 24.3. The van der Waals surface area contributed by atoms with E-state index < -0.39 is 78.6 Å². The molecule has 258 valence electrons. The number of rotatable bonds is 11. The number of fused-ring (bicyclic) bond motifs is 1. The SMILES string of the molecule is C[C@H]([C@@H](CNc1cc([C@@H](CC(=O)OC2O[C@H](C(=O)O)[C@@H](O)[C@H](O)[C@H]2O)C2CC2)ccc1Cl)c1ccc2c(c1)OC(F)(F)O2)C(F)(F)F. The van der Waals surface area contributed by atoms with Crippen molar-refractivity contribution in [2.75, 3.05) is 11.9 Å². The molecule has 2 aromatic carbocycles. The van der Waals surface area contributed by atoms with E-state index in [2.05, 4.69) is 14.8 Å². The quantitative estimate of drug-likeness (QED) is 0.168. The van der Waals surface area contributed by atoms with Crippen molar-refractivity contribution in [1.29, 1.82) is 0 Å².